The molecule has 96 valence electrons. The minimum atomic E-state index is -3.97. The molecule has 0 aliphatic carbocycles. The van der Waals surface area contributed by atoms with Crippen LogP contribution in [-0.4, -0.2) is 37.0 Å². The normalized spacial score (nSPS) is 11.1. The number of rotatable bonds is 7. The molecule has 10 nitrogen and oxygen atoms in total. The van der Waals surface area contributed by atoms with E-state index in [1.165, 1.54) is 18.7 Å². The molecule has 2 heterocycles. The van der Waals surface area contributed by atoms with Crippen molar-refractivity contribution in [2.75, 3.05) is 6.61 Å². The predicted molar refractivity (Wildman–Crippen MR) is 57.8 cm³/mol. The third kappa shape index (κ3) is 3.15. The van der Waals surface area contributed by atoms with E-state index in [1.807, 2.05) is 0 Å². The van der Waals surface area contributed by atoms with Gasteiger partial charge in [0.05, 0.1) is 6.61 Å². The summed E-state index contributed by atoms with van der Waals surface area (Å²) in [4.78, 5) is 7.29. The highest BCUT2D eigenvalue weighted by Gasteiger charge is 2.33. The monoisotopic (exact) mass is 272 g/mol. The van der Waals surface area contributed by atoms with Crippen LogP contribution in [0, 0.1) is 0 Å². The summed E-state index contributed by atoms with van der Waals surface area (Å²) >= 11 is 0. The zero-order chi connectivity index (χ0) is 12.8. The maximum atomic E-state index is 12.2. The van der Waals surface area contributed by atoms with Crippen LogP contribution in [-0.2, 0) is 9.09 Å². The Morgan fingerprint density at radius 2 is 1.78 bits per heavy atom. The SMILES string of the molecule is C=CCOP(=O)(Oc1nc[nH]n1)Oc1nc[nH]n1. The molecule has 0 amide bonds. The van der Waals surface area contributed by atoms with Gasteiger partial charge in [-0.25, -0.2) is 4.57 Å². The number of aromatic amines is 2. The molecule has 0 atom stereocenters. The number of hydrogen-bond donors (Lipinski definition) is 2. The van der Waals surface area contributed by atoms with Crippen molar-refractivity contribution < 1.29 is 18.1 Å². The molecule has 2 rings (SSSR count). The van der Waals surface area contributed by atoms with Gasteiger partial charge in [-0.3, -0.25) is 14.7 Å². The Labute approximate surface area is 101 Å². The average molecular weight is 272 g/mol. The molecule has 0 saturated heterocycles. The van der Waals surface area contributed by atoms with Crippen LogP contribution in [0.3, 0.4) is 0 Å². The Morgan fingerprint density at radius 1 is 1.22 bits per heavy atom. The summed E-state index contributed by atoms with van der Waals surface area (Å²) in [6, 6.07) is -0.365. The molecule has 0 spiro atoms. The number of phosphoric ester groups is 1. The van der Waals surface area contributed by atoms with Crippen molar-refractivity contribution in [3.05, 3.63) is 25.3 Å². The zero-order valence-electron chi connectivity index (χ0n) is 9.02. The minimum Gasteiger partial charge on any atom is -0.358 e. The lowest BCUT2D eigenvalue weighted by molar-refractivity contribution is 0.219. The Bertz CT molecular complexity index is 486. The van der Waals surface area contributed by atoms with Gasteiger partial charge >= 0.3 is 19.8 Å². The van der Waals surface area contributed by atoms with Crippen molar-refractivity contribution in [3.8, 4) is 12.0 Å². The molecule has 0 radical (unpaired) electrons. The molecule has 11 heteroatoms. The van der Waals surface area contributed by atoms with E-state index in [9.17, 15) is 4.57 Å². The topological polar surface area (TPSA) is 128 Å². The number of aromatic nitrogens is 6. The number of phosphoric acid groups is 1. The van der Waals surface area contributed by atoms with Gasteiger partial charge in [-0.05, 0) is 0 Å². The van der Waals surface area contributed by atoms with E-state index in [-0.39, 0.29) is 18.6 Å². The summed E-state index contributed by atoms with van der Waals surface area (Å²) in [6.07, 6.45) is 3.88. The summed E-state index contributed by atoms with van der Waals surface area (Å²) < 4.78 is 27.0. The second kappa shape index (κ2) is 5.43. The number of hydrogen-bond acceptors (Lipinski definition) is 8. The van der Waals surface area contributed by atoms with Crippen molar-refractivity contribution in [2.45, 2.75) is 0 Å². The largest absolute Gasteiger partial charge is 0.592 e. The van der Waals surface area contributed by atoms with Gasteiger partial charge in [0, 0.05) is 0 Å². The molecule has 0 unspecified atom stereocenters. The molecule has 0 fully saturated rings. The van der Waals surface area contributed by atoms with Gasteiger partial charge in [-0.15, -0.1) is 16.8 Å². The quantitative estimate of drug-likeness (QED) is 0.556. The fraction of sp³-hybridized carbons (Fsp3) is 0.143. The Balaban J connectivity index is 2.11. The standard InChI is InChI=1S/C7H9N6O4P/c1-2-3-15-18(14,16-6-8-4-10-12-6)17-7-9-5-11-13-7/h2,4-5H,1,3H2,(H,8,10,12)(H,9,11,13). The van der Waals surface area contributed by atoms with Gasteiger partial charge in [-0.1, -0.05) is 6.08 Å². The van der Waals surface area contributed by atoms with Crippen LogP contribution >= 0.6 is 7.82 Å². The molecule has 2 N–H and O–H groups in total. The molecule has 2 aromatic heterocycles. The molecule has 0 aliphatic heterocycles. The molecule has 0 bridgehead atoms. The molecular weight excluding hydrogens is 263 g/mol. The van der Waals surface area contributed by atoms with E-state index in [1.54, 1.807) is 0 Å². The Hall–Kier alpha value is -2.19. The first kappa shape index (κ1) is 12.3. The van der Waals surface area contributed by atoms with Gasteiger partial charge in [-0.2, -0.15) is 9.97 Å². The highest BCUT2D eigenvalue weighted by molar-refractivity contribution is 7.49. The van der Waals surface area contributed by atoms with E-state index in [2.05, 4.69) is 36.9 Å². The first-order valence-corrected chi connectivity index (χ1v) is 6.14. The molecule has 2 aromatic rings. The fourth-order valence-corrected chi connectivity index (χ4v) is 1.90. The summed E-state index contributed by atoms with van der Waals surface area (Å²) in [7, 11) is -3.97. The van der Waals surface area contributed by atoms with Crippen LogP contribution in [0.5, 0.6) is 12.0 Å². The van der Waals surface area contributed by atoms with Crippen LogP contribution in [0.2, 0.25) is 0 Å². The average Bonchev–Trinajstić information content (AvgIpc) is 3.00. The van der Waals surface area contributed by atoms with E-state index in [0.717, 1.165) is 0 Å². The van der Waals surface area contributed by atoms with Crippen molar-refractivity contribution in [3.63, 3.8) is 0 Å². The van der Waals surface area contributed by atoms with Gasteiger partial charge in [0.25, 0.3) is 0 Å². The summed E-state index contributed by atoms with van der Waals surface area (Å²) in [6.45, 7) is 3.38. The maximum absolute atomic E-state index is 12.2. The zero-order valence-corrected chi connectivity index (χ0v) is 9.91. The lowest BCUT2D eigenvalue weighted by Gasteiger charge is -2.13. The predicted octanol–water partition coefficient (Wildman–Crippen LogP) is 0.691. The number of nitrogens with one attached hydrogen (secondary N) is 2. The summed E-state index contributed by atoms with van der Waals surface area (Å²) in [5.74, 6) is 0. The van der Waals surface area contributed by atoms with Crippen LogP contribution in [0.25, 0.3) is 0 Å². The van der Waals surface area contributed by atoms with Gasteiger partial charge in [0.2, 0.25) is 0 Å². The highest BCUT2D eigenvalue weighted by Crippen LogP contribution is 2.47. The van der Waals surface area contributed by atoms with Crippen molar-refractivity contribution >= 4 is 7.82 Å². The minimum absolute atomic E-state index is 0.0495. The smallest absolute Gasteiger partial charge is 0.358 e. The highest BCUT2D eigenvalue weighted by atomic mass is 31.2. The van der Waals surface area contributed by atoms with Gasteiger partial charge in [0.15, 0.2) is 0 Å². The van der Waals surface area contributed by atoms with Crippen LogP contribution < -0.4 is 9.05 Å². The Morgan fingerprint density at radius 3 is 2.17 bits per heavy atom. The second-order valence-electron chi connectivity index (χ2n) is 2.78. The first-order valence-electron chi connectivity index (χ1n) is 4.68. The summed E-state index contributed by atoms with van der Waals surface area (Å²) in [5.41, 5.74) is 0. The summed E-state index contributed by atoms with van der Waals surface area (Å²) in [5, 5.41) is 11.9. The molecule has 0 saturated carbocycles. The van der Waals surface area contributed by atoms with Gasteiger partial charge < -0.3 is 9.05 Å². The van der Waals surface area contributed by atoms with Crippen LogP contribution in [0.4, 0.5) is 0 Å². The fourth-order valence-electron chi connectivity index (χ4n) is 0.897. The third-order valence-electron chi connectivity index (χ3n) is 1.52. The van der Waals surface area contributed by atoms with Crippen molar-refractivity contribution in [2.24, 2.45) is 0 Å². The molecule has 0 aromatic carbocycles. The van der Waals surface area contributed by atoms with E-state index < -0.39 is 7.82 Å². The lowest BCUT2D eigenvalue weighted by atomic mass is 10.7. The first-order chi connectivity index (χ1) is 8.72. The lowest BCUT2D eigenvalue weighted by Crippen LogP contribution is -2.06. The van der Waals surface area contributed by atoms with Crippen molar-refractivity contribution in [1.29, 1.82) is 0 Å². The van der Waals surface area contributed by atoms with E-state index in [0.29, 0.717) is 0 Å². The van der Waals surface area contributed by atoms with E-state index >= 15 is 0 Å². The Kier molecular flexibility index (Phi) is 3.70. The van der Waals surface area contributed by atoms with Crippen LogP contribution in [0.15, 0.2) is 25.3 Å². The third-order valence-corrected chi connectivity index (χ3v) is 2.76. The van der Waals surface area contributed by atoms with Crippen LogP contribution in [0.1, 0.15) is 0 Å². The molecule has 18 heavy (non-hydrogen) atoms. The molecule has 0 aliphatic rings. The van der Waals surface area contributed by atoms with E-state index in [4.69, 9.17) is 13.6 Å². The number of H-pyrrole nitrogens is 2. The van der Waals surface area contributed by atoms with Crippen molar-refractivity contribution in [1.82, 2.24) is 30.4 Å². The second-order valence-corrected chi connectivity index (χ2v) is 4.30. The van der Waals surface area contributed by atoms with Gasteiger partial charge in [0.1, 0.15) is 12.7 Å². The molecular formula is C7H9N6O4P. The number of nitrogens with zero attached hydrogens (tertiary/aromatic N) is 4. The maximum Gasteiger partial charge on any atom is 0.592 e.